The Hall–Kier alpha value is -1.42. The molecular formula is C10H15N3O. The number of aryl methyl sites for hydroxylation is 1. The van der Waals surface area contributed by atoms with Crippen molar-refractivity contribution < 1.29 is 4.79 Å². The third-order valence-electron chi connectivity index (χ3n) is 1.89. The van der Waals surface area contributed by atoms with Crippen molar-refractivity contribution in [1.29, 1.82) is 0 Å². The van der Waals surface area contributed by atoms with Crippen LogP contribution < -0.4 is 11.1 Å². The van der Waals surface area contributed by atoms with Crippen LogP contribution >= 0.6 is 0 Å². The molecule has 0 bridgehead atoms. The van der Waals surface area contributed by atoms with Crippen LogP contribution in [-0.2, 0) is 0 Å². The molecule has 0 aliphatic rings. The summed E-state index contributed by atoms with van der Waals surface area (Å²) in [6.45, 7) is 4.16. The Morgan fingerprint density at radius 2 is 2.43 bits per heavy atom. The first kappa shape index (κ1) is 10.7. The summed E-state index contributed by atoms with van der Waals surface area (Å²) in [6, 6.07) is 3.43. The summed E-state index contributed by atoms with van der Waals surface area (Å²) < 4.78 is 0. The molecule has 0 saturated carbocycles. The predicted molar refractivity (Wildman–Crippen MR) is 55.0 cm³/mol. The van der Waals surface area contributed by atoms with Gasteiger partial charge in [-0.15, -0.1) is 0 Å². The zero-order valence-corrected chi connectivity index (χ0v) is 8.45. The zero-order valence-electron chi connectivity index (χ0n) is 8.45. The molecule has 0 radical (unpaired) electrons. The number of pyridine rings is 1. The van der Waals surface area contributed by atoms with Gasteiger partial charge in [0.25, 0.3) is 5.91 Å². The quantitative estimate of drug-likeness (QED) is 0.733. The number of hydrogen-bond donors (Lipinski definition) is 2. The molecule has 4 nitrogen and oxygen atoms in total. The predicted octanol–water partition coefficient (Wildman–Crippen LogP) is 0.467. The van der Waals surface area contributed by atoms with Gasteiger partial charge in [-0.2, -0.15) is 0 Å². The van der Waals surface area contributed by atoms with E-state index < -0.39 is 0 Å². The smallest absolute Gasteiger partial charge is 0.251 e. The first-order valence-electron chi connectivity index (χ1n) is 4.57. The highest BCUT2D eigenvalue weighted by molar-refractivity contribution is 5.94. The number of rotatable bonds is 3. The van der Waals surface area contributed by atoms with Gasteiger partial charge in [-0.25, -0.2) is 0 Å². The summed E-state index contributed by atoms with van der Waals surface area (Å²) >= 11 is 0. The highest BCUT2D eigenvalue weighted by Gasteiger charge is 2.08. The molecule has 1 atom stereocenters. The Morgan fingerprint density at radius 1 is 1.71 bits per heavy atom. The first-order valence-corrected chi connectivity index (χ1v) is 4.57. The third kappa shape index (κ3) is 2.81. The van der Waals surface area contributed by atoms with E-state index in [1.807, 2.05) is 13.8 Å². The SMILES string of the molecule is Cc1cc(C(=O)N[C@H](C)CN)ccn1. The molecule has 1 rings (SSSR count). The molecule has 1 amide bonds. The van der Waals surface area contributed by atoms with Gasteiger partial charge >= 0.3 is 0 Å². The largest absolute Gasteiger partial charge is 0.348 e. The van der Waals surface area contributed by atoms with Crippen molar-refractivity contribution in [1.82, 2.24) is 10.3 Å². The van der Waals surface area contributed by atoms with E-state index in [1.165, 1.54) is 0 Å². The minimum Gasteiger partial charge on any atom is -0.348 e. The molecule has 1 aromatic rings. The van der Waals surface area contributed by atoms with Crippen LogP contribution in [0.3, 0.4) is 0 Å². The number of amides is 1. The van der Waals surface area contributed by atoms with E-state index in [2.05, 4.69) is 10.3 Å². The average Bonchev–Trinajstić information content (AvgIpc) is 2.17. The summed E-state index contributed by atoms with van der Waals surface area (Å²) in [5, 5.41) is 2.78. The van der Waals surface area contributed by atoms with E-state index in [0.29, 0.717) is 12.1 Å². The molecule has 0 fully saturated rings. The normalized spacial score (nSPS) is 12.2. The number of hydrogen-bond acceptors (Lipinski definition) is 3. The Labute approximate surface area is 83.5 Å². The van der Waals surface area contributed by atoms with Gasteiger partial charge in [0.2, 0.25) is 0 Å². The molecule has 0 unspecified atom stereocenters. The minimum atomic E-state index is -0.103. The Bertz CT molecular complexity index is 325. The van der Waals surface area contributed by atoms with Crippen LogP contribution in [0.15, 0.2) is 18.3 Å². The van der Waals surface area contributed by atoms with E-state index in [-0.39, 0.29) is 11.9 Å². The van der Waals surface area contributed by atoms with Gasteiger partial charge in [0.15, 0.2) is 0 Å². The van der Waals surface area contributed by atoms with E-state index in [1.54, 1.807) is 18.3 Å². The molecule has 76 valence electrons. The maximum Gasteiger partial charge on any atom is 0.251 e. The molecule has 0 aliphatic heterocycles. The fraction of sp³-hybridized carbons (Fsp3) is 0.400. The van der Waals surface area contributed by atoms with E-state index >= 15 is 0 Å². The maximum atomic E-state index is 11.6. The van der Waals surface area contributed by atoms with Crippen molar-refractivity contribution in [2.45, 2.75) is 19.9 Å². The maximum absolute atomic E-state index is 11.6. The lowest BCUT2D eigenvalue weighted by Gasteiger charge is -2.11. The number of nitrogens with two attached hydrogens (primary N) is 1. The highest BCUT2D eigenvalue weighted by Crippen LogP contribution is 2.00. The molecule has 0 spiro atoms. The van der Waals surface area contributed by atoms with Crippen LogP contribution in [0.2, 0.25) is 0 Å². The fourth-order valence-corrected chi connectivity index (χ4v) is 1.05. The van der Waals surface area contributed by atoms with Gasteiger partial charge in [-0.05, 0) is 26.0 Å². The molecule has 0 aromatic carbocycles. The van der Waals surface area contributed by atoms with Gasteiger partial charge < -0.3 is 11.1 Å². The topological polar surface area (TPSA) is 68.0 Å². The number of nitrogens with one attached hydrogen (secondary N) is 1. The Kier molecular flexibility index (Phi) is 3.59. The average molecular weight is 193 g/mol. The minimum absolute atomic E-state index is 0.00373. The zero-order chi connectivity index (χ0) is 10.6. The van der Waals surface area contributed by atoms with Crippen molar-refractivity contribution in [3.8, 4) is 0 Å². The summed E-state index contributed by atoms with van der Waals surface area (Å²) in [7, 11) is 0. The summed E-state index contributed by atoms with van der Waals surface area (Å²) in [5.74, 6) is -0.103. The summed E-state index contributed by atoms with van der Waals surface area (Å²) in [6.07, 6.45) is 1.62. The number of carbonyl (C=O) groups is 1. The third-order valence-corrected chi connectivity index (χ3v) is 1.89. The van der Waals surface area contributed by atoms with Crippen molar-refractivity contribution in [2.24, 2.45) is 5.73 Å². The lowest BCUT2D eigenvalue weighted by atomic mass is 10.2. The van der Waals surface area contributed by atoms with Crippen LogP contribution in [0.5, 0.6) is 0 Å². The second kappa shape index (κ2) is 4.72. The summed E-state index contributed by atoms with van der Waals surface area (Å²) in [5.41, 5.74) is 6.86. The van der Waals surface area contributed by atoms with Crippen molar-refractivity contribution in [3.05, 3.63) is 29.6 Å². The number of carbonyl (C=O) groups excluding carboxylic acids is 1. The van der Waals surface area contributed by atoms with Gasteiger partial charge in [-0.3, -0.25) is 9.78 Å². The lowest BCUT2D eigenvalue weighted by molar-refractivity contribution is 0.0941. The standard InChI is InChI=1S/C10H15N3O/c1-7-5-9(3-4-12-7)10(14)13-8(2)6-11/h3-5,8H,6,11H2,1-2H3,(H,13,14)/t8-/m1/s1. The number of nitrogens with zero attached hydrogens (tertiary/aromatic N) is 1. The van der Waals surface area contributed by atoms with E-state index in [4.69, 9.17) is 5.73 Å². The molecule has 4 heteroatoms. The van der Waals surface area contributed by atoms with Gasteiger partial charge in [0, 0.05) is 30.0 Å². The highest BCUT2D eigenvalue weighted by atomic mass is 16.1. The molecule has 1 aromatic heterocycles. The first-order chi connectivity index (χ1) is 6.63. The summed E-state index contributed by atoms with van der Waals surface area (Å²) in [4.78, 5) is 15.6. The van der Waals surface area contributed by atoms with Crippen molar-refractivity contribution >= 4 is 5.91 Å². The molecule has 0 aliphatic carbocycles. The monoisotopic (exact) mass is 193 g/mol. The van der Waals surface area contributed by atoms with E-state index in [9.17, 15) is 4.79 Å². The molecular weight excluding hydrogens is 178 g/mol. The molecule has 1 heterocycles. The Morgan fingerprint density at radius 3 is 3.00 bits per heavy atom. The van der Waals surface area contributed by atoms with Gasteiger partial charge in [0.1, 0.15) is 0 Å². The van der Waals surface area contributed by atoms with Crippen LogP contribution in [0, 0.1) is 6.92 Å². The van der Waals surface area contributed by atoms with Crippen molar-refractivity contribution in [3.63, 3.8) is 0 Å². The van der Waals surface area contributed by atoms with Crippen molar-refractivity contribution in [2.75, 3.05) is 6.54 Å². The van der Waals surface area contributed by atoms with Crippen LogP contribution in [0.25, 0.3) is 0 Å². The van der Waals surface area contributed by atoms with Crippen LogP contribution in [0.4, 0.5) is 0 Å². The van der Waals surface area contributed by atoms with E-state index in [0.717, 1.165) is 5.69 Å². The molecule has 3 N–H and O–H groups in total. The van der Waals surface area contributed by atoms with Crippen LogP contribution in [-0.4, -0.2) is 23.5 Å². The fourth-order valence-electron chi connectivity index (χ4n) is 1.05. The molecule has 14 heavy (non-hydrogen) atoms. The second-order valence-electron chi connectivity index (χ2n) is 3.30. The van der Waals surface area contributed by atoms with Crippen LogP contribution in [0.1, 0.15) is 23.0 Å². The molecule has 0 saturated heterocycles. The van der Waals surface area contributed by atoms with Gasteiger partial charge in [0.05, 0.1) is 0 Å². The number of aromatic nitrogens is 1. The lowest BCUT2D eigenvalue weighted by Crippen LogP contribution is -2.37. The Balaban J connectivity index is 2.70. The second-order valence-corrected chi connectivity index (χ2v) is 3.30. The van der Waals surface area contributed by atoms with Gasteiger partial charge in [-0.1, -0.05) is 0 Å².